The number of aliphatic hydroxyl groups is 1. The largest absolute Gasteiger partial charge is 0.416 e. The molecule has 0 unspecified atom stereocenters. The van der Waals surface area contributed by atoms with Crippen molar-refractivity contribution in [3.63, 3.8) is 0 Å². The van der Waals surface area contributed by atoms with Gasteiger partial charge in [0.05, 0.1) is 17.9 Å². The van der Waals surface area contributed by atoms with Crippen LogP contribution in [0, 0.1) is 5.92 Å². The fraction of sp³-hybridized carbons (Fsp3) is 0.400. The number of carbonyl (C=O) groups is 1. The molecule has 2 aromatic carbocycles. The number of allylic oxidation sites excluding steroid dienone is 1. The number of alkyl carbamates (subject to hydrolysis) is 1. The van der Waals surface area contributed by atoms with E-state index in [-0.39, 0.29) is 0 Å². The van der Waals surface area contributed by atoms with Gasteiger partial charge in [-0.25, -0.2) is 4.79 Å². The third-order valence-electron chi connectivity index (χ3n) is 4.65. The van der Waals surface area contributed by atoms with Crippen molar-refractivity contribution < 1.29 is 14.6 Å². The Bertz CT molecular complexity index is 777. The Balaban J connectivity index is 2.12. The molecular formula is C25H34N2O3. The van der Waals surface area contributed by atoms with Gasteiger partial charge in [0, 0.05) is 19.6 Å². The van der Waals surface area contributed by atoms with Gasteiger partial charge in [-0.15, -0.1) is 0 Å². The summed E-state index contributed by atoms with van der Waals surface area (Å²) in [7, 11) is 0. The molecule has 0 aliphatic carbocycles. The maximum Gasteiger partial charge on any atom is 0.412 e. The maximum atomic E-state index is 12.2. The van der Waals surface area contributed by atoms with Crippen molar-refractivity contribution in [1.29, 1.82) is 0 Å². The minimum Gasteiger partial charge on any atom is -0.416 e. The summed E-state index contributed by atoms with van der Waals surface area (Å²) in [4.78, 5) is 14.4. The molecule has 5 heteroatoms. The topological polar surface area (TPSA) is 61.8 Å². The highest BCUT2D eigenvalue weighted by atomic mass is 16.6. The van der Waals surface area contributed by atoms with E-state index in [1.54, 1.807) is 6.92 Å². The monoisotopic (exact) mass is 410 g/mol. The molecule has 2 rings (SSSR count). The number of nitrogens with zero attached hydrogens (tertiary/aromatic N) is 1. The summed E-state index contributed by atoms with van der Waals surface area (Å²) in [5.74, 6) is 0.765. The van der Waals surface area contributed by atoms with E-state index in [0.29, 0.717) is 24.6 Å². The Morgan fingerprint density at radius 1 is 1.03 bits per heavy atom. The first-order chi connectivity index (χ1) is 14.3. The fourth-order valence-corrected chi connectivity index (χ4v) is 3.44. The predicted molar refractivity (Wildman–Crippen MR) is 121 cm³/mol. The van der Waals surface area contributed by atoms with Crippen LogP contribution in [0.2, 0.25) is 0 Å². The molecule has 0 bridgehead atoms. The Hall–Kier alpha value is -2.63. The molecule has 2 aromatic rings. The zero-order valence-electron chi connectivity index (χ0n) is 18.3. The van der Waals surface area contributed by atoms with E-state index < -0.39 is 18.2 Å². The summed E-state index contributed by atoms with van der Waals surface area (Å²) in [6.45, 7) is 11.6. The Morgan fingerprint density at radius 3 is 2.13 bits per heavy atom. The highest BCUT2D eigenvalue weighted by molar-refractivity contribution is 5.68. The first kappa shape index (κ1) is 23.6. The minimum absolute atomic E-state index is 0.311. The number of amides is 1. The average Bonchev–Trinajstić information content (AvgIpc) is 2.68. The lowest BCUT2D eigenvalue weighted by Crippen LogP contribution is -2.50. The lowest BCUT2D eigenvalue weighted by Gasteiger charge is -2.31. The smallest absolute Gasteiger partial charge is 0.412 e. The quantitative estimate of drug-likeness (QED) is 0.540. The van der Waals surface area contributed by atoms with E-state index in [0.717, 1.165) is 18.7 Å². The average molecular weight is 411 g/mol. The Labute approximate surface area is 180 Å². The zero-order chi connectivity index (χ0) is 21.9. The lowest BCUT2D eigenvalue weighted by molar-refractivity contribution is 0.0685. The summed E-state index contributed by atoms with van der Waals surface area (Å²) in [5.41, 5.74) is 2.23. The highest BCUT2D eigenvalue weighted by Crippen LogP contribution is 2.13. The Morgan fingerprint density at radius 2 is 1.60 bits per heavy atom. The number of carbonyl (C=O) groups excluding carboxylic acids is 1. The van der Waals surface area contributed by atoms with Crippen LogP contribution in [0.4, 0.5) is 4.79 Å². The van der Waals surface area contributed by atoms with E-state index in [9.17, 15) is 9.90 Å². The molecule has 0 aliphatic heterocycles. The predicted octanol–water partition coefficient (Wildman–Crippen LogP) is 4.38. The molecule has 162 valence electrons. The third kappa shape index (κ3) is 8.80. The number of nitrogens with one attached hydrogen (secondary N) is 1. The molecule has 0 aliphatic rings. The van der Waals surface area contributed by atoms with Crippen LogP contribution in [-0.4, -0.2) is 41.3 Å². The molecule has 0 spiro atoms. The van der Waals surface area contributed by atoms with Crippen LogP contribution in [0.25, 0.3) is 0 Å². The third-order valence-corrected chi connectivity index (χ3v) is 4.65. The molecule has 0 fully saturated rings. The van der Waals surface area contributed by atoms with Gasteiger partial charge in [-0.3, -0.25) is 4.90 Å². The van der Waals surface area contributed by atoms with E-state index in [1.165, 1.54) is 5.56 Å². The van der Waals surface area contributed by atoms with Gasteiger partial charge in [0.2, 0.25) is 0 Å². The number of hydrogen-bond donors (Lipinski definition) is 2. The molecule has 5 nitrogen and oxygen atoms in total. The SMILES string of the molecule is C=C(C)OC(=O)N[C@@H](Cc1ccccc1)[C@H](O)CN(Cc1ccccc1)CC(C)C. The summed E-state index contributed by atoms with van der Waals surface area (Å²) in [6, 6.07) is 19.6. The number of hydrogen-bond acceptors (Lipinski definition) is 4. The summed E-state index contributed by atoms with van der Waals surface area (Å²) < 4.78 is 5.06. The molecule has 2 N–H and O–H groups in total. The van der Waals surface area contributed by atoms with Gasteiger partial charge in [0.1, 0.15) is 0 Å². The first-order valence-electron chi connectivity index (χ1n) is 10.5. The van der Waals surface area contributed by atoms with Crippen LogP contribution in [-0.2, 0) is 17.7 Å². The van der Waals surface area contributed by atoms with E-state index in [4.69, 9.17) is 4.74 Å². The number of benzene rings is 2. The van der Waals surface area contributed by atoms with Crippen molar-refractivity contribution in [3.8, 4) is 0 Å². The van der Waals surface area contributed by atoms with Crippen molar-refractivity contribution in [2.24, 2.45) is 5.92 Å². The molecule has 0 saturated heterocycles. The number of aliphatic hydroxyl groups excluding tert-OH is 1. The van der Waals surface area contributed by atoms with Crippen molar-refractivity contribution >= 4 is 6.09 Å². The van der Waals surface area contributed by atoms with E-state index in [2.05, 4.69) is 42.8 Å². The van der Waals surface area contributed by atoms with E-state index >= 15 is 0 Å². The zero-order valence-corrected chi connectivity index (χ0v) is 18.3. The van der Waals surface area contributed by atoms with Crippen LogP contribution in [0.15, 0.2) is 73.0 Å². The van der Waals surface area contributed by atoms with Gasteiger partial charge >= 0.3 is 6.09 Å². The van der Waals surface area contributed by atoms with Crippen molar-refractivity contribution in [1.82, 2.24) is 10.2 Å². The minimum atomic E-state index is -0.759. The molecule has 0 heterocycles. The molecule has 2 atom stereocenters. The van der Waals surface area contributed by atoms with Crippen LogP contribution >= 0.6 is 0 Å². The molecule has 1 amide bonds. The Kier molecular flexibility index (Phi) is 9.58. The standard InChI is InChI=1S/C25H34N2O3/c1-19(2)16-27(17-22-13-9-6-10-14-22)18-24(28)23(26-25(29)30-20(3)4)15-21-11-7-5-8-12-21/h5-14,19,23-24,28H,3,15-18H2,1-2,4H3,(H,26,29)/t23-,24+/m0/s1. The van der Waals surface area contributed by atoms with Gasteiger partial charge in [0.25, 0.3) is 0 Å². The highest BCUT2D eigenvalue weighted by Gasteiger charge is 2.25. The van der Waals surface area contributed by atoms with Gasteiger partial charge in [0.15, 0.2) is 0 Å². The maximum absolute atomic E-state index is 12.2. The molecule has 30 heavy (non-hydrogen) atoms. The number of ether oxygens (including phenoxy) is 1. The molecular weight excluding hydrogens is 376 g/mol. The van der Waals surface area contributed by atoms with Gasteiger partial charge in [-0.05, 0) is 30.4 Å². The molecule has 0 radical (unpaired) electrons. The summed E-state index contributed by atoms with van der Waals surface area (Å²) >= 11 is 0. The van der Waals surface area contributed by atoms with Gasteiger partial charge < -0.3 is 15.2 Å². The van der Waals surface area contributed by atoms with Gasteiger partial charge in [-0.2, -0.15) is 0 Å². The summed E-state index contributed by atoms with van der Waals surface area (Å²) in [6.07, 6.45) is -0.847. The van der Waals surface area contributed by atoms with Crippen molar-refractivity contribution in [3.05, 3.63) is 84.1 Å². The fourth-order valence-electron chi connectivity index (χ4n) is 3.44. The molecule has 0 saturated carbocycles. The lowest BCUT2D eigenvalue weighted by atomic mass is 10.0. The second-order valence-electron chi connectivity index (χ2n) is 8.17. The van der Waals surface area contributed by atoms with Crippen LogP contribution < -0.4 is 5.32 Å². The van der Waals surface area contributed by atoms with Crippen LogP contribution in [0.1, 0.15) is 31.9 Å². The van der Waals surface area contributed by atoms with Gasteiger partial charge in [-0.1, -0.05) is 81.1 Å². The van der Waals surface area contributed by atoms with Crippen molar-refractivity contribution in [2.75, 3.05) is 13.1 Å². The first-order valence-corrected chi connectivity index (χ1v) is 10.5. The van der Waals surface area contributed by atoms with Crippen LogP contribution in [0.5, 0.6) is 0 Å². The van der Waals surface area contributed by atoms with Crippen LogP contribution in [0.3, 0.4) is 0 Å². The van der Waals surface area contributed by atoms with Crippen molar-refractivity contribution in [2.45, 2.75) is 45.9 Å². The second-order valence-corrected chi connectivity index (χ2v) is 8.17. The summed E-state index contributed by atoms with van der Waals surface area (Å²) in [5, 5.41) is 13.9. The molecule has 0 aromatic heterocycles. The number of rotatable bonds is 11. The van der Waals surface area contributed by atoms with E-state index in [1.807, 2.05) is 48.5 Å². The normalized spacial score (nSPS) is 13.1. The second kappa shape index (κ2) is 12.2.